The predicted octanol–water partition coefficient (Wildman–Crippen LogP) is 2.95. The molecule has 3 fully saturated rings. The van der Waals surface area contributed by atoms with E-state index in [1.807, 2.05) is 0 Å². The average molecular weight is 256 g/mol. The van der Waals surface area contributed by atoms with Crippen molar-refractivity contribution in [3.63, 3.8) is 0 Å². The molecule has 1 aromatic rings. The van der Waals surface area contributed by atoms with Gasteiger partial charge in [-0.05, 0) is 44.0 Å². The van der Waals surface area contributed by atoms with E-state index in [0.29, 0.717) is 11.7 Å². The average Bonchev–Trinajstić information content (AvgIpc) is 2.35. The third kappa shape index (κ3) is 2.26. The van der Waals surface area contributed by atoms with Crippen LogP contribution >= 0.6 is 11.6 Å². The minimum absolute atomic E-state index is 0.145. The first-order chi connectivity index (χ1) is 8.22. The standard InChI is InChI=1S/C13H15ClFNO/c14-11-2-1-10(7-12(11)15)17-13-8-16-5-3-9(13)4-6-16/h1-2,7,9,13H,3-6,8H2. The van der Waals surface area contributed by atoms with Gasteiger partial charge in [0.05, 0.1) is 5.02 Å². The summed E-state index contributed by atoms with van der Waals surface area (Å²) in [5.41, 5.74) is 0. The van der Waals surface area contributed by atoms with Crippen LogP contribution in [-0.2, 0) is 0 Å². The van der Waals surface area contributed by atoms with Crippen molar-refractivity contribution in [1.82, 2.24) is 4.90 Å². The lowest BCUT2D eigenvalue weighted by Gasteiger charge is -2.44. The number of ether oxygens (including phenoxy) is 1. The number of rotatable bonds is 2. The predicted molar refractivity (Wildman–Crippen MR) is 65.0 cm³/mol. The number of benzene rings is 1. The van der Waals surface area contributed by atoms with Crippen molar-refractivity contribution >= 4 is 11.6 Å². The number of piperidine rings is 3. The monoisotopic (exact) mass is 255 g/mol. The zero-order valence-corrected chi connectivity index (χ0v) is 10.3. The maximum absolute atomic E-state index is 13.3. The zero-order chi connectivity index (χ0) is 11.8. The second-order valence-electron chi connectivity index (χ2n) is 4.87. The lowest BCUT2D eigenvalue weighted by atomic mass is 9.86. The molecule has 0 amide bonds. The number of nitrogens with zero attached hydrogens (tertiary/aromatic N) is 1. The molecule has 0 radical (unpaired) electrons. The Morgan fingerprint density at radius 3 is 2.65 bits per heavy atom. The molecule has 1 aromatic carbocycles. The van der Waals surface area contributed by atoms with Crippen LogP contribution in [0.5, 0.6) is 5.75 Å². The van der Waals surface area contributed by atoms with E-state index < -0.39 is 5.82 Å². The van der Waals surface area contributed by atoms with Crippen LogP contribution in [0.25, 0.3) is 0 Å². The first-order valence-corrected chi connectivity index (χ1v) is 6.44. The first-order valence-electron chi connectivity index (χ1n) is 6.06. The first kappa shape index (κ1) is 11.3. The fourth-order valence-electron chi connectivity index (χ4n) is 2.77. The molecule has 2 nitrogen and oxygen atoms in total. The molecule has 3 aliphatic heterocycles. The summed E-state index contributed by atoms with van der Waals surface area (Å²) in [7, 11) is 0. The number of hydrogen-bond donors (Lipinski definition) is 0. The van der Waals surface area contributed by atoms with Crippen molar-refractivity contribution < 1.29 is 9.13 Å². The summed E-state index contributed by atoms with van der Waals surface area (Å²) in [5.74, 6) is 0.801. The van der Waals surface area contributed by atoms with Gasteiger partial charge < -0.3 is 4.74 Å². The summed E-state index contributed by atoms with van der Waals surface area (Å²) in [6, 6.07) is 4.66. The smallest absolute Gasteiger partial charge is 0.145 e. The van der Waals surface area contributed by atoms with Gasteiger partial charge in [-0.1, -0.05) is 11.6 Å². The third-order valence-corrected chi connectivity index (χ3v) is 4.08. The SMILES string of the molecule is Fc1cc(OC2CN3CCC2CC3)ccc1Cl. The van der Waals surface area contributed by atoms with Crippen LogP contribution in [0.2, 0.25) is 5.02 Å². The molecular formula is C13H15ClFNO. The fourth-order valence-corrected chi connectivity index (χ4v) is 2.89. The van der Waals surface area contributed by atoms with E-state index >= 15 is 0 Å². The van der Waals surface area contributed by atoms with E-state index in [-0.39, 0.29) is 11.1 Å². The Kier molecular flexibility index (Phi) is 2.97. The van der Waals surface area contributed by atoms with Crippen LogP contribution in [0.4, 0.5) is 4.39 Å². The van der Waals surface area contributed by atoms with E-state index in [1.165, 1.54) is 32.0 Å². The van der Waals surface area contributed by atoms with E-state index in [4.69, 9.17) is 16.3 Å². The van der Waals surface area contributed by atoms with Gasteiger partial charge in [0.25, 0.3) is 0 Å². The van der Waals surface area contributed by atoms with Crippen molar-refractivity contribution in [2.24, 2.45) is 5.92 Å². The van der Waals surface area contributed by atoms with Crippen LogP contribution in [0.1, 0.15) is 12.8 Å². The van der Waals surface area contributed by atoms with Crippen molar-refractivity contribution in [1.29, 1.82) is 0 Å². The van der Waals surface area contributed by atoms with Gasteiger partial charge >= 0.3 is 0 Å². The van der Waals surface area contributed by atoms with Crippen LogP contribution in [0.3, 0.4) is 0 Å². The van der Waals surface area contributed by atoms with E-state index in [2.05, 4.69) is 4.90 Å². The second-order valence-corrected chi connectivity index (χ2v) is 5.28. The minimum atomic E-state index is -0.412. The number of fused-ring (bicyclic) bond motifs is 3. The van der Waals surface area contributed by atoms with Crippen molar-refractivity contribution in [2.75, 3.05) is 19.6 Å². The Morgan fingerprint density at radius 1 is 1.29 bits per heavy atom. The summed E-state index contributed by atoms with van der Waals surface area (Å²) in [4.78, 5) is 2.41. The van der Waals surface area contributed by atoms with Crippen LogP contribution in [-0.4, -0.2) is 30.6 Å². The highest BCUT2D eigenvalue weighted by atomic mass is 35.5. The summed E-state index contributed by atoms with van der Waals surface area (Å²) in [6.07, 6.45) is 2.60. The lowest BCUT2D eigenvalue weighted by molar-refractivity contribution is -0.00788. The van der Waals surface area contributed by atoms with Gasteiger partial charge in [-0.15, -0.1) is 0 Å². The van der Waals surface area contributed by atoms with Gasteiger partial charge in [-0.2, -0.15) is 0 Å². The molecule has 3 saturated heterocycles. The molecule has 0 aromatic heterocycles. The lowest BCUT2D eigenvalue weighted by Crippen LogP contribution is -2.52. The van der Waals surface area contributed by atoms with Gasteiger partial charge in [0, 0.05) is 12.6 Å². The van der Waals surface area contributed by atoms with Crippen LogP contribution < -0.4 is 4.74 Å². The third-order valence-electron chi connectivity index (χ3n) is 3.77. The Hall–Kier alpha value is -0.800. The zero-order valence-electron chi connectivity index (χ0n) is 9.53. The van der Waals surface area contributed by atoms with Gasteiger partial charge in [-0.3, -0.25) is 4.90 Å². The molecule has 0 aliphatic carbocycles. The van der Waals surface area contributed by atoms with Gasteiger partial charge in [0.15, 0.2) is 0 Å². The van der Waals surface area contributed by atoms with E-state index in [1.54, 1.807) is 12.1 Å². The molecule has 0 spiro atoms. The number of halogens is 2. The van der Waals surface area contributed by atoms with Crippen LogP contribution in [0, 0.1) is 11.7 Å². The van der Waals surface area contributed by atoms with Gasteiger partial charge in [-0.25, -0.2) is 4.39 Å². The Labute approximate surface area is 105 Å². The molecule has 0 saturated carbocycles. The largest absolute Gasteiger partial charge is 0.489 e. The summed E-state index contributed by atoms with van der Waals surface area (Å²) >= 11 is 5.65. The highest BCUT2D eigenvalue weighted by Crippen LogP contribution is 2.31. The van der Waals surface area contributed by atoms with Gasteiger partial charge in [0.1, 0.15) is 17.7 Å². The normalized spacial score (nSPS) is 31.5. The highest BCUT2D eigenvalue weighted by molar-refractivity contribution is 6.30. The second kappa shape index (κ2) is 4.46. The van der Waals surface area contributed by atoms with E-state index in [0.717, 1.165) is 6.54 Å². The molecule has 4 heteroatoms. The summed E-state index contributed by atoms with van der Waals surface area (Å²) in [6.45, 7) is 3.33. The molecule has 1 unspecified atom stereocenters. The van der Waals surface area contributed by atoms with Gasteiger partial charge in [0.2, 0.25) is 0 Å². The Balaban J connectivity index is 1.72. The maximum Gasteiger partial charge on any atom is 0.145 e. The molecular weight excluding hydrogens is 241 g/mol. The van der Waals surface area contributed by atoms with Crippen molar-refractivity contribution in [2.45, 2.75) is 18.9 Å². The van der Waals surface area contributed by atoms with E-state index in [9.17, 15) is 4.39 Å². The summed E-state index contributed by atoms with van der Waals surface area (Å²) in [5, 5.41) is 0.145. The van der Waals surface area contributed by atoms with Crippen molar-refractivity contribution in [3.05, 3.63) is 29.0 Å². The van der Waals surface area contributed by atoms with Crippen molar-refractivity contribution in [3.8, 4) is 5.75 Å². The molecule has 4 rings (SSSR count). The highest BCUT2D eigenvalue weighted by Gasteiger charge is 2.35. The molecule has 3 aliphatic rings. The maximum atomic E-state index is 13.3. The fraction of sp³-hybridized carbons (Fsp3) is 0.538. The minimum Gasteiger partial charge on any atom is -0.489 e. The number of hydrogen-bond acceptors (Lipinski definition) is 2. The Bertz CT molecular complexity index is 418. The summed E-state index contributed by atoms with van der Waals surface area (Å²) < 4.78 is 19.2. The molecule has 3 heterocycles. The molecule has 2 bridgehead atoms. The topological polar surface area (TPSA) is 12.5 Å². The molecule has 0 N–H and O–H groups in total. The Morgan fingerprint density at radius 2 is 2.06 bits per heavy atom. The molecule has 1 atom stereocenters. The molecule has 92 valence electrons. The quantitative estimate of drug-likeness (QED) is 0.806. The molecule has 17 heavy (non-hydrogen) atoms. The van der Waals surface area contributed by atoms with Crippen LogP contribution in [0.15, 0.2) is 18.2 Å².